The zero-order chi connectivity index (χ0) is 21.8. The van der Waals surface area contributed by atoms with Gasteiger partial charge in [-0.05, 0) is 24.3 Å². The van der Waals surface area contributed by atoms with E-state index in [1.807, 2.05) is 35.6 Å². The van der Waals surface area contributed by atoms with Gasteiger partial charge in [0.05, 0.1) is 12.2 Å². The fourth-order valence-electron chi connectivity index (χ4n) is 3.53. The number of hydrogen-bond donors (Lipinski definition) is 2. The number of fused-ring (bicyclic) bond motifs is 1. The van der Waals surface area contributed by atoms with E-state index in [-0.39, 0.29) is 5.82 Å². The fraction of sp³-hybridized carbons (Fsp3) is 0.250. The zero-order valence-corrected chi connectivity index (χ0v) is 19.1. The summed E-state index contributed by atoms with van der Waals surface area (Å²) in [6.45, 7) is 1.48. The van der Waals surface area contributed by atoms with Gasteiger partial charge in [0.15, 0.2) is 10.8 Å². The number of amidine groups is 1. The Morgan fingerprint density at radius 2 is 2.23 bits per heavy atom. The number of nitrogens with two attached hydrogens (primary N) is 1. The molecule has 11 heteroatoms. The molecule has 5 rings (SSSR count). The van der Waals surface area contributed by atoms with E-state index in [0.717, 1.165) is 29.5 Å². The molecule has 1 unspecified atom stereocenters. The second kappa shape index (κ2) is 9.92. The van der Waals surface area contributed by atoms with Gasteiger partial charge in [0.1, 0.15) is 5.82 Å². The molecule has 0 bridgehead atoms. The van der Waals surface area contributed by atoms with Crippen molar-refractivity contribution in [2.24, 2.45) is 17.2 Å². The number of halogens is 2. The Bertz CT molecular complexity index is 1080. The minimum absolute atomic E-state index is 0.293. The van der Waals surface area contributed by atoms with Crippen molar-refractivity contribution in [2.75, 3.05) is 13.1 Å². The highest BCUT2D eigenvalue weighted by Crippen LogP contribution is 2.35. The molecular weight excluding hydrogens is 457 g/mol. The first-order valence-corrected chi connectivity index (χ1v) is 11.6. The Hall–Kier alpha value is -2.24. The quantitative estimate of drug-likeness (QED) is 0.557. The summed E-state index contributed by atoms with van der Waals surface area (Å²) in [6, 6.07) is 8.15. The highest BCUT2D eigenvalue weighted by molar-refractivity contribution is 7.95. The molecule has 7 nitrogen and oxygen atoms in total. The summed E-state index contributed by atoms with van der Waals surface area (Å²) < 4.78 is 17.2. The van der Waals surface area contributed by atoms with E-state index in [9.17, 15) is 4.39 Å². The molecule has 1 aromatic carbocycles. The molecule has 0 spiro atoms. The second-order valence-corrected chi connectivity index (χ2v) is 8.77. The third kappa shape index (κ3) is 5.16. The lowest BCUT2D eigenvalue weighted by molar-refractivity contribution is 0.544. The molecule has 1 atom stereocenters. The van der Waals surface area contributed by atoms with Gasteiger partial charge in [-0.2, -0.15) is 5.10 Å². The van der Waals surface area contributed by atoms with Crippen molar-refractivity contribution in [3.8, 4) is 0 Å². The number of aromatic nitrogens is 3. The summed E-state index contributed by atoms with van der Waals surface area (Å²) >= 11 is 8.20. The molecule has 0 aliphatic carbocycles. The summed E-state index contributed by atoms with van der Waals surface area (Å²) in [5.74, 6) is 0.665. The molecule has 162 valence electrons. The number of benzene rings is 1. The van der Waals surface area contributed by atoms with Crippen LogP contribution in [0.25, 0.3) is 5.57 Å². The van der Waals surface area contributed by atoms with Crippen LogP contribution in [0.1, 0.15) is 17.1 Å². The average Bonchev–Trinajstić information content (AvgIpc) is 3.48. The van der Waals surface area contributed by atoms with Crippen LogP contribution in [0.4, 0.5) is 4.39 Å². The van der Waals surface area contributed by atoms with Crippen LogP contribution < -0.4 is 9.86 Å². The van der Waals surface area contributed by atoms with Crippen LogP contribution in [0, 0.1) is 5.82 Å². The molecule has 2 aliphatic rings. The van der Waals surface area contributed by atoms with Crippen LogP contribution in [-0.4, -0.2) is 44.6 Å². The molecule has 3 N–H and O–H groups in total. The molecule has 31 heavy (non-hydrogen) atoms. The largest absolute Gasteiger partial charge is 0.326 e. The number of aliphatic imine (C=N–C) groups is 1. The van der Waals surface area contributed by atoms with Crippen LogP contribution in [0.2, 0.25) is 5.02 Å². The van der Waals surface area contributed by atoms with Gasteiger partial charge >= 0.3 is 0 Å². The van der Waals surface area contributed by atoms with E-state index in [1.54, 1.807) is 23.5 Å². The molecule has 0 saturated carbocycles. The summed E-state index contributed by atoms with van der Waals surface area (Å²) in [7, 11) is 1.93. The van der Waals surface area contributed by atoms with Crippen molar-refractivity contribution in [3.63, 3.8) is 0 Å². The third-order valence-corrected chi connectivity index (χ3v) is 6.30. The van der Waals surface area contributed by atoms with Gasteiger partial charge in [-0.15, -0.1) is 11.3 Å². The lowest BCUT2D eigenvalue weighted by Crippen LogP contribution is -2.35. The number of aryl methyl sites for hydroxylation is 1. The molecule has 2 aliphatic heterocycles. The monoisotopic (exact) mass is 477 g/mol. The molecule has 1 saturated heterocycles. The Balaban J connectivity index is 0.000000245. The molecule has 4 heterocycles. The van der Waals surface area contributed by atoms with Gasteiger partial charge in [-0.25, -0.2) is 14.1 Å². The maximum absolute atomic E-state index is 12.1. The maximum atomic E-state index is 12.1. The van der Waals surface area contributed by atoms with Crippen molar-refractivity contribution in [1.82, 2.24) is 24.4 Å². The first-order valence-electron chi connectivity index (χ1n) is 9.51. The van der Waals surface area contributed by atoms with Crippen LogP contribution in [0.5, 0.6) is 0 Å². The zero-order valence-electron chi connectivity index (χ0n) is 16.7. The van der Waals surface area contributed by atoms with Crippen LogP contribution >= 0.6 is 35.1 Å². The van der Waals surface area contributed by atoms with Crippen LogP contribution in [0.3, 0.4) is 0 Å². The fourth-order valence-corrected chi connectivity index (χ4v) is 4.71. The van der Waals surface area contributed by atoms with Gasteiger partial charge < -0.3 is 4.90 Å². The van der Waals surface area contributed by atoms with E-state index in [4.69, 9.17) is 21.7 Å². The van der Waals surface area contributed by atoms with E-state index in [0.29, 0.717) is 17.6 Å². The van der Waals surface area contributed by atoms with Gasteiger partial charge in [0.2, 0.25) is 0 Å². The first kappa shape index (κ1) is 22.0. The molecule has 2 aromatic heterocycles. The standard InChI is InChI=1S/C14H17N7S2.C6H4ClF/c1-20-4-2-11(18-20)10-7-17-13(14-16-3-5-22-14)21-8-9(19-23-15)6-12(10)21;7-5-2-1-3-6(8)4-5/h2-5,9,19H,6-8,15H2,1H3;1-4H. The first-order chi connectivity index (χ1) is 15.0. The number of nitrogens with zero attached hydrogens (tertiary/aromatic N) is 5. The Labute approximate surface area is 193 Å². The van der Waals surface area contributed by atoms with E-state index >= 15 is 0 Å². The highest BCUT2D eigenvalue weighted by atomic mass is 35.5. The van der Waals surface area contributed by atoms with Crippen molar-refractivity contribution >= 4 is 46.5 Å². The van der Waals surface area contributed by atoms with E-state index < -0.39 is 0 Å². The number of hydrogen-bond acceptors (Lipinski definition) is 8. The van der Waals surface area contributed by atoms with Gasteiger partial charge in [-0.3, -0.25) is 14.8 Å². The lowest BCUT2D eigenvalue weighted by atomic mass is 10.1. The summed E-state index contributed by atoms with van der Waals surface area (Å²) in [5.41, 5.74) is 3.46. The number of nitrogens with one attached hydrogen (secondary N) is 1. The van der Waals surface area contributed by atoms with E-state index in [1.165, 1.54) is 35.5 Å². The van der Waals surface area contributed by atoms with Gasteiger partial charge in [0, 0.05) is 72.3 Å². The van der Waals surface area contributed by atoms with Crippen molar-refractivity contribution < 1.29 is 4.39 Å². The number of rotatable bonds is 4. The molecule has 0 radical (unpaired) electrons. The predicted molar refractivity (Wildman–Crippen MR) is 125 cm³/mol. The predicted octanol–water partition coefficient (Wildman–Crippen LogP) is 3.71. The smallest absolute Gasteiger partial charge is 0.165 e. The van der Waals surface area contributed by atoms with Crippen molar-refractivity contribution in [2.45, 2.75) is 12.5 Å². The second-order valence-electron chi connectivity index (χ2n) is 6.96. The maximum Gasteiger partial charge on any atom is 0.165 e. The highest BCUT2D eigenvalue weighted by Gasteiger charge is 2.36. The summed E-state index contributed by atoms with van der Waals surface area (Å²) in [6.07, 6.45) is 4.70. The van der Waals surface area contributed by atoms with Crippen molar-refractivity contribution in [3.05, 3.63) is 75.3 Å². The Kier molecular flexibility index (Phi) is 7.03. The van der Waals surface area contributed by atoms with Gasteiger partial charge in [0.25, 0.3) is 0 Å². The minimum atomic E-state index is -0.294. The number of thiazole rings is 1. The lowest BCUT2D eigenvalue weighted by Gasteiger charge is -2.27. The normalized spacial score (nSPS) is 17.9. The SMILES string of the molecule is Cn1ccc(C2=C3CC(NSN)CN3C(c3nccs3)=NC2)n1.Fc1cccc(Cl)c1. The topological polar surface area (TPSA) is 84.4 Å². The summed E-state index contributed by atoms with van der Waals surface area (Å²) in [5, 5.41) is 13.5. The van der Waals surface area contributed by atoms with Gasteiger partial charge in [-0.1, -0.05) is 17.7 Å². The van der Waals surface area contributed by atoms with E-state index in [2.05, 4.69) is 19.7 Å². The molecular formula is C20H21ClFN7S2. The average molecular weight is 478 g/mol. The van der Waals surface area contributed by atoms with Crippen molar-refractivity contribution in [1.29, 1.82) is 0 Å². The molecule has 1 fully saturated rings. The molecule has 0 amide bonds. The summed E-state index contributed by atoms with van der Waals surface area (Å²) in [4.78, 5) is 11.5. The van der Waals surface area contributed by atoms with Crippen LogP contribution in [0.15, 0.2) is 58.8 Å². The minimum Gasteiger partial charge on any atom is -0.326 e. The Morgan fingerprint density at radius 1 is 1.35 bits per heavy atom. The molecule has 3 aromatic rings. The Morgan fingerprint density at radius 3 is 2.84 bits per heavy atom. The van der Waals surface area contributed by atoms with Crippen LogP contribution in [-0.2, 0) is 7.05 Å². The third-order valence-electron chi connectivity index (χ3n) is 4.83.